The molecule has 1 heterocycles. The van der Waals surface area contributed by atoms with Gasteiger partial charge in [-0.2, -0.15) is 0 Å². The maximum atomic E-state index is 12.0. The van der Waals surface area contributed by atoms with E-state index in [0.717, 1.165) is 13.1 Å². The number of piperidine rings is 1. The van der Waals surface area contributed by atoms with E-state index >= 15 is 0 Å². The van der Waals surface area contributed by atoms with Crippen LogP contribution in [-0.2, 0) is 9.59 Å². The maximum Gasteiger partial charge on any atom is 0.244 e. The number of nitrogens with one attached hydrogen (secondary N) is 1. The summed E-state index contributed by atoms with van der Waals surface area (Å²) in [5, 5.41) is 2.64. The lowest BCUT2D eigenvalue weighted by molar-refractivity contribution is -0.137. The van der Waals surface area contributed by atoms with E-state index in [1.807, 2.05) is 4.90 Å². The number of carbonyl (C=O) groups excluding carboxylic acids is 2. The largest absolute Gasteiger partial charge is 0.345 e. The average Bonchev–Trinajstić information content (AvgIpc) is 2.13. The van der Waals surface area contributed by atoms with Gasteiger partial charge in [0.1, 0.15) is 6.04 Å². The van der Waals surface area contributed by atoms with Crippen molar-refractivity contribution in [3.8, 4) is 0 Å². The van der Waals surface area contributed by atoms with Gasteiger partial charge in [-0.25, -0.2) is 0 Å². The molecule has 0 aromatic heterocycles. The first-order chi connectivity index (χ1) is 7.40. The Hall–Kier alpha value is -1.06. The third-order valence-corrected chi connectivity index (χ3v) is 2.97. The van der Waals surface area contributed by atoms with E-state index in [4.69, 9.17) is 0 Å². The van der Waals surface area contributed by atoms with E-state index in [-0.39, 0.29) is 11.8 Å². The fraction of sp³-hybridized carbons (Fsp3) is 0.833. The van der Waals surface area contributed by atoms with Crippen LogP contribution < -0.4 is 5.32 Å². The van der Waals surface area contributed by atoms with E-state index in [0.29, 0.717) is 11.8 Å². The highest BCUT2D eigenvalue weighted by molar-refractivity contribution is 5.86. The van der Waals surface area contributed by atoms with Crippen LogP contribution in [0.2, 0.25) is 0 Å². The first-order valence-electron chi connectivity index (χ1n) is 5.96. The molecule has 1 rings (SSSR count). The lowest BCUT2D eigenvalue weighted by Gasteiger charge is -2.36. The molecule has 0 aromatic rings. The predicted molar refractivity (Wildman–Crippen MR) is 62.8 cm³/mol. The van der Waals surface area contributed by atoms with Crippen molar-refractivity contribution in [2.75, 3.05) is 13.1 Å². The molecule has 4 heteroatoms. The van der Waals surface area contributed by atoms with Crippen LogP contribution in [0.5, 0.6) is 0 Å². The van der Waals surface area contributed by atoms with Gasteiger partial charge in [-0.1, -0.05) is 13.8 Å². The summed E-state index contributed by atoms with van der Waals surface area (Å²) in [4.78, 5) is 24.8. The number of likely N-dealkylation sites (tertiary alicyclic amines) is 1. The summed E-state index contributed by atoms with van der Waals surface area (Å²) in [6.07, 6.45) is 1.18. The van der Waals surface area contributed by atoms with E-state index in [1.54, 1.807) is 6.92 Å². The smallest absolute Gasteiger partial charge is 0.244 e. The molecule has 0 spiro atoms. The Morgan fingerprint density at radius 2 is 1.75 bits per heavy atom. The standard InChI is InChI=1S/C12H22N2O2/c1-8-5-9(2)7-14(6-8)12(16)10(3)13-11(4)15/h8-10H,5-7H2,1-4H3,(H,13,15)/t8-,9-,10+/m0/s1. The molecular weight excluding hydrogens is 204 g/mol. The Morgan fingerprint density at radius 3 is 2.19 bits per heavy atom. The van der Waals surface area contributed by atoms with Crippen LogP contribution in [0, 0.1) is 11.8 Å². The molecule has 0 bridgehead atoms. The number of hydrogen-bond donors (Lipinski definition) is 1. The van der Waals surface area contributed by atoms with Crippen molar-refractivity contribution in [3.05, 3.63) is 0 Å². The van der Waals surface area contributed by atoms with Crippen molar-refractivity contribution in [2.24, 2.45) is 11.8 Å². The maximum absolute atomic E-state index is 12.0. The molecule has 1 fully saturated rings. The SMILES string of the molecule is CC(=O)N[C@H](C)C(=O)N1C[C@@H](C)C[C@H](C)C1. The van der Waals surface area contributed by atoms with Gasteiger partial charge in [-0.15, -0.1) is 0 Å². The summed E-state index contributed by atoms with van der Waals surface area (Å²) in [7, 11) is 0. The zero-order valence-corrected chi connectivity index (χ0v) is 10.6. The Bertz CT molecular complexity index is 268. The predicted octanol–water partition coefficient (Wildman–Crippen LogP) is 1.02. The molecule has 16 heavy (non-hydrogen) atoms. The number of rotatable bonds is 2. The zero-order valence-electron chi connectivity index (χ0n) is 10.6. The van der Waals surface area contributed by atoms with Crippen molar-refractivity contribution < 1.29 is 9.59 Å². The Balaban J connectivity index is 2.55. The molecule has 0 aromatic carbocycles. The van der Waals surface area contributed by atoms with Gasteiger partial charge in [-0.3, -0.25) is 9.59 Å². The molecule has 0 aliphatic carbocycles. The van der Waals surface area contributed by atoms with E-state index in [2.05, 4.69) is 19.2 Å². The molecule has 1 N–H and O–H groups in total. The monoisotopic (exact) mass is 226 g/mol. The van der Waals surface area contributed by atoms with Crippen LogP contribution in [0.15, 0.2) is 0 Å². The van der Waals surface area contributed by atoms with Crippen molar-refractivity contribution in [1.29, 1.82) is 0 Å². The molecule has 0 radical (unpaired) electrons. The quantitative estimate of drug-likeness (QED) is 0.764. The summed E-state index contributed by atoms with van der Waals surface area (Å²) in [6, 6.07) is -0.407. The van der Waals surface area contributed by atoms with E-state index in [1.165, 1.54) is 13.3 Å². The highest BCUT2D eigenvalue weighted by Crippen LogP contribution is 2.21. The van der Waals surface area contributed by atoms with Crippen LogP contribution in [0.4, 0.5) is 0 Å². The van der Waals surface area contributed by atoms with E-state index in [9.17, 15) is 9.59 Å². The molecule has 92 valence electrons. The highest BCUT2D eigenvalue weighted by Gasteiger charge is 2.28. The topological polar surface area (TPSA) is 49.4 Å². The summed E-state index contributed by atoms with van der Waals surface area (Å²) < 4.78 is 0. The Kier molecular flexibility index (Phi) is 4.33. The van der Waals surface area contributed by atoms with Crippen LogP contribution in [0.25, 0.3) is 0 Å². The minimum atomic E-state index is -0.407. The van der Waals surface area contributed by atoms with E-state index < -0.39 is 6.04 Å². The van der Waals surface area contributed by atoms with Gasteiger partial charge in [-0.05, 0) is 25.2 Å². The van der Waals surface area contributed by atoms with Crippen molar-refractivity contribution >= 4 is 11.8 Å². The van der Waals surface area contributed by atoms with Crippen LogP contribution in [-0.4, -0.2) is 35.8 Å². The molecule has 1 aliphatic rings. The molecule has 1 saturated heterocycles. The first kappa shape index (κ1) is 13.0. The minimum Gasteiger partial charge on any atom is -0.345 e. The molecular formula is C12H22N2O2. The fourth-order valence-electron chi connectivity index (χ4n) is 2.48. The van der Waals surface area contributed by atoms with Gasteiger partial charge in [0.25, 0.3) is 0 Å². The minimum absolute atomic E-state index is 0.0357. The zero-order chi connectivity index (χ0) is 12.3. The number of nitrogens with zero attached hydrogens (tertiary/aromatic N) is 1. The van der Waals surface area contributed by atoms with Gasteiger partial charge in [0.05, 0.1) is 0 Å². The lowest BCUT2D eigenvalue weighted by Crippen LogP contribution is -2.50. The second-order valence-corrected chi connectivity index (χ2v) is 5.11. The lowest BCUT2D eigenvalue weighted by atomic mass is 9.91. The van der Waals surface area contributed by atoms with Gasteiger partial charge in [0, 0.05) is 20.0 Å². The average molecular weight is 226 g/mol. The highest BCUT2D eigenvalue weighted by atomic mass is 16.2. The van der Waals surface area contributed by atoms with Crippen LogP contribution in [0.1, 0.15) is 34.1 Å². The summed E-state index contributed by atoms with van der Waals surface area (Å²) >= 11 is 0. The van der Waals surface area contributed by atoms with Gasteiger partial charge >= 0.3 is 0 Å². The van der Waals surface area contributed by atoms with Gasteiger partial charge in [0.15, 0.2) is 0 Å². The molecule has 4 nitrogen and oxygen atoms in total. The van der Waals surface area contributed by atoms with Gasteiger partial charge in [0.2, 0.25) is 11.8 Å². The number of amides is 2. The number of carbonyl (C=O) groups is 2. The fourth-order valence-corrected chi connectivity index (χ4v) is 2.48. The van der Waals surface area contributed by atoms with Crippen LogP contribution >= 0.6 is 0 Å². The molecule has 2 amide bonds. The summed E-state index contributed by atoms with van der Waals surface area (Å²) in [5.74, 6) is 0.988. The summed E-state index contributed by atoms with van der Waals surface area (Å²) in [5.41, 5.74) is 0. The second kappa shape index (κ2) is 5.32. The van der Waals surface area contributed by atoms with Gasteiger partial charge < -0.3 is 10.2 Å². The number of hydrogen-bond acceptors (Lipinski definition) is 2. The normalized spacial score (nSPS) is 27.4. The van der Waals surface area contributed by atoms with Crippen molar-refractivity contribution in [3.63, 3.8) is 0 Å². The molecule has 1 aliphatic heterocycles. The Labute approximate surface area is 97.4 Å². The Morgan fingerprint density at radius 1 is 1.25 bits per heavy atom. The van der Waals surface area contributed by atoms with Crippen molar-refractivity contribution in [1.82, 2.24) is 10.2 Å². The molecule has 0 unspecified atom stereocenters. The first-order valence-corrected chi connectivity index (χ1v) is 5.96. The summed E-state index contributed by atoms with van der Waals surface area (Å²) in [6.45, 7) is 9.14. The van der Waals surface area contributed by atoms with Crippen molar-refractivity contribution in [2.45, 2.75) is 40.2 Å². The molecule has 0 saturated carbocycles. The molecule has 3 atom stereocenters. The second-order valence-electron chi connectivity index (χ2n) is 5.11. The van der Waals surface area contributed by atoms with Crippen LogP contribution in [0.3, 0.4) is 0 Å². The third-order valence-electron chi connectivity index (χ3n) is 2.97. The third kappa shape index (κ3) is 3.51.